The lowest BCUT2D eigenvalue weighted by Crippen LogP contribution is -2.46. The Morgan fingerprint density at radius 3 is 2.64 bits per heavy atom. The number of phenolic OH excluding ortho intramolecular Hbond substituents is 1. The lowest BCUT2D eigenvalue weighted by atomic mass is 10.0. The summed E-state index contributed by atoms with van der Waals surface area (Å²) in [5, 5.41) is 16.3. The number of guanidine groups is 1. The SMILES string of the molecule is CCNC(=NCC(CC(C)C)N1CCOCC1)NCCc1cccc(O)c1.I. The van der Waals surface area contributed by atoms with Gasteiger partial charge in [-0.3, -0.25) is 9.89 Å². The highest BCUT2D eigenvalue weighted by molar-refractivity contribution is 14.0. The highest BCUT2D eigenvalue weighted by Gasteiger charge is 2.21. The normalized spacial score (nSPS) is 16.5. The van der Waals surface area contributed by atoms with Gasteiger partial charge in [-0.2, -0.15) is 0 Å². The summed E-state index contributed by atoms with van der Waals surface area (Å²) in [6.45, 7) is 12.7. The fourth-order valence-electron chi connectivity index (χ4n) is 3.40. The Labute approximate surface area is 187 Å². The van der Waals surface area contributed by atoms with Crippen LogP contribution in [0, 0.1) is 5.92 Å². The van der Waals surface area contributed by atoms with Gasteiger partial charge in [-0.1, -0.05) is 26.0 Å². The van der Waals surface area contributed by atoms with Crippen molar-refractivity contribution in [2.75, 3.05) is 45.9 Å². The molecule has 1 aromatic rings. The molecule has 0 aliphatic carbocycles. The number of halogens is 1. The van der Waals surface area contributed by atoms with Gasteiger partial charge in [0.1, 0.15) is 5.75 Å². The summed E-state index contributed by atoms with van der Waals surface area (Å²) in [6, 6.07) is 7.87. The third kappa shape index (κ3) is 9.43. The van der Waals surface area contributed by atoms with Crippen LogP contribution in [0.15, 0.2) is 29.3 Å². The molecule has 1 unspecified atom stereocenters. The number of ether oxygens (including phenoxy) is 1. The molecule has 28 heavy (non-hydrogen) atoms. The van der Waals surface area contributed by atoms with E-state index in [4.69, 9.17) is 9.73 Å². The quantitative estimate of drug-likeness (QED) is 0.274. The minimum Gasteiger partial charge on any atom is -0.508 e. The van der Waals surface area contributed by atoms with Gasteiger partial charge >= 0.3 is 0 Å². The van der Waals surface area contributed by atoms with Crippen LogP contribution in [0.2, 0.25) is 0 Å². The van der Waals surface area contributed by atoms with Gasteiger partial charge in [0, 0.05) is 32.2 Å². The molecule has 0 spiro atoms. The zero-order chi connectivity index (χ0) is 19.5. The molecule has 1 atom stereocenters. The van der Waals surface area contributed by atoms with E-state index in [1.54, 1.807) is 6.07 Å². The van der Waals surface area contributed by atoms with Crippen LogP contribution in [0.3, 0.4) is 0 Å². The van der Waals surface area contributed by atoms with Crippen molar-refractivity contribution in [3.8, 4) is 5.75 Å². The number of aliphatic imine (C=N–C) groups is 1. The lowest BCUT2D eigenvalue weighted by Gasteiger charge is -2.34. The van der Waals surface area contributed by atoms with Crippen molar-refractivity contribution >= 4 is 29.9 Å². The van der Waals surface area contributed by atoms with Crippen LogP contribution in [0.25, 0.3) is 0 Å². The minimum absolute atomic E-state index is 0. The van der Waals surface area contributed by atoms with E-state index in [2.05, 4.69) is 36.3 Å². The molecule has 7 heteroatoms. The number of nitrogens with one attached hydrogen (secondary N) is 2. The van der Waals surface area contributed by atoms with Crippen molar-refractivity contribution < 1.29 is 9.84 Å². The Morgan fingerprint density at radius 2 is 2.00 bits per heavy atom. The van der Waals surface area contributed by atoms with E-state index in [0.29, 0.717) is 17.7 Å². The van der Waals surface area contributed by atoms with Gasteiger partial charge in [-0.15, -0.1) is 24.0 Å². The Bertz CT molecular complexity index is 577. The molecule has 1 aliphatic rings. The third-order valence-corrected chi connectivity index (χ3v) is 4.73. The van der Waals surface area contributed by atoms with E-state index >= 15 is 0 Å². The number of hydrogen-bond acceptors (Lipinski definition) is 4. The molecule has 1 aliphatic heterocycles. The standard InChI is InChI=1S/C21H36N4O2.HI/c1-4-22-21(23-9-8-18-6-5-7-20(26)15-18)24-16-19(14-17(2)3)25-10-12-27-13-11-25;/h5-7,15,17,19,26H,4,8-14,16H2,1-3H3,(H2,22,23,24);1H. The van der Waals surface area contributed by atoms with Crippen molar-refractivity contribution in [2.24, 2.45) is 10.9 Å². The molecule has 0 aromatic heterocycles. The largest absolute Gasteiger partial charge is 0.508 e. The molecule has 0 amide bonds. The molecule has 1 saturated heterocycles. The number of hydrogen-bond donors (Lipinski definition) is 3. The smallest absolute Gasteiger partial charge is 0.191 e. The Kier molecular flexibility index (Phi) is 12.5. The fraction of sp³-hybridized carbons (Fsp3) is 0.667. The number of aromatic hydroxyl groups is 1. The summed E-state index contributed by atoms with van der Waals surface area (Å²) in [6.07, 6.45) is 1.99. The Morgan fingerprint density at radius 1 is 1.25 bits per heavy atom. The number of rotatable bonds is 9. The third-order valence-electron chi connectivity index (χ3n) is 4.73. The van der Waals surface area contributed by atoms with Gasteiger partial charge in [0.2, 0.25) is 0 Å². The first-order valence-electron chi connectivity index (χ1n) is 10.2. The molecule has 1 heterocycles. The van der Waals surface area contributed by atoms with Crippen LogP contribution >= 0.6 is 24.0 Å². The van der Waals surface area contributed by atoms with Crippen LogP contribution in [0.5, 0.6) is 5.75 Å². The summed E-state index contributed by atoms with van der Waals surface area (Å²) >= 11 is 0. The summed E-state index contributed by atoms with van der Waals surface area (Å²) in [7, 11) is 0. The molecule has 1 aromatic carbocycles. The predicted octanol–water partition coefficient (Wildman–Crippen LogP) is 2.85. The number of nitrogens with zero attached hydrogens (tertiary/aromatic N) is 2. The minimum atomic E-state index is 0. The van der Waals surface area contributed by atoms with Crippen molar-refractivity contribution in [3.63, 3.8) is 0 Å². The van der Waals surface area contributed by atoms with Crippen molar-refractivity contribution in [1.29, 1.82) is 0 Å². The van der Waals surface area contributed by atoms with Gasteiger partial charge in [0.15, 0.2) is 5.96 Å². The van der Waals surface area contributed by atoms with E-state index in [9.17, 15) is 5.11 Å². The van der Waals surface area contributed by atoms with Gasteiger partial charge in [0.05, 0.1) is 19.8 Å². The molecule has 3 N–H and O–H groups in total. The fourth-order valence-corrected chi connectivity index (χ4v) is 3.40. The second-order valence-corrected chi connectivity index (χ2v) is 7.50. The van der Waals surface area contributed by atoms with Crippen LogP contribution in [0.4, 0.5) is 0 Å². The molecule has 6 nitrogen and oxygen atoms in total. The maximum atomic E-state index is 9.58. The Hall–Kier alpha value is -1.06. The van der Waals surface area contributed by atoms with Gasteiger partial charge < -0.3 is 20.5 Å². The maximum Gasteiger partial charge on any atom is 0.191 e. The zero-order valence-electron chi connectivity index (χ0n) is 17.5. The van der Waals surface area contributed by atoms with Gasteiger partial charge in [-0.05, 0) is 43.4 Å². The second-order valence-electron chi connectivity index (χ2n) is 7.50. The van der Waals surface area contributed by atoms with Crippen LogP contribution in [-0.4, -0.2) is 67.9 Å². The van der Waals surface area contributed by atoms with E-state index in [1.807, 2.05) is 18.2 Å². The first-order valence-corrected chi connectivity index (χ1v) is 10.2. The highest BCUT2D eigenvalue weighted by atomic mass is 127. The summed E-state index contributed by atoms with van der Waals surface area (Å²) in [4.78, 5) is 7.37. The number of morpholine rings is 1. The lowest BCUT2D eigenvalue weighted by molar-refractivity contribution is 0.0143. The number of benzene rings is 1. The van der Waals surface area contributed by atoms with Crippen molar-refractivity contribution in [1.82, 2.24) is 15.5 Å². The van der Waals surface area contributed by atoms with E-state index in [0.717, 1.165) is 70.3 Å². The van der Waals surface area contributed by atoms with Crippen LogP contribution in [-0.2, 0) is 11.2 Å². The monoisotopic (exact) mass is 504 g/mol. The zero-order valence-corrected chi connectivity index (χ0v) is 19.8. The van der Waals surface area contributed by atoms with Gasteiger partial charge in [-0.25, -0.2) is 0 Å². The molecule has 0 bridgehead atoms. The molecule has 0 saturated carbocycles. The van der Waals surface area contributed by atoms with E-state index in [1.165, 1.54) is 0 Å². The highest BCUT2D eigenvalue weighted by Crippen LogP contribution is 2.14. The predicted molar refractivity (Wildman–Crippen MR) is 127 cm³/mol. The average molecular weight is 504 g/mol. The van der Waals surface area contributed by atoms with E-state index < -0.39 is 0 Å². The van der Waals surface area contributed by atoms with Crippen LogP contribution in [0.1, 0.15) is 32.8 Å². The molecule has 0 radical (unpaired) electrons. The van der Waals surface area contributed by atoms with E-state index in [-0.39, 0.29) is 24.0 Å². The van der Waals surface area contributed by atoms with Crippen molar-refractivity contribution in [2.45, 2.75) is 39.7 Å². The number of phenols is 1. The molecular formula is C21H37IN4O2. The molecular weight excluding hydrogens is 467 g/mol. The summed E-state index contributed by atoms with van der Waals surface area (Å²) in [5.41, 5.74) is 1.12. The first kappa shape index (κ1) is 25.0. The molecule has 160 valence electrons. The molecule has 1 fully saturated rings. The average Bonchev–Trinajstić information content (AvgIpc) is 2.65. The topological polar surface area (TPSA) is 69.1 Å². The Balaban J connectivity index is 0.00000392. The van der Waals surface area contributed by atoms with Crippen LogP contribution < -0.4 is 10.6 Å². The second kappa shape index (κ2) is 14.0. The van der Waals surface area contributed by atoms with Crippen molar-refractivity contribution in [3.05, 3.63) is 29.8 Å². The summed E-state index contributed by atoms with van der Waals surface area (Å²) in [5.74, 6) is 1.82. The summed E-state index contributed by atoms with van der Waals surface area (Å²) < 4.78 is 5.50. The van der Waals surface area contributed by atoms with Gasteiger partial charge in [0.25, 0.3) is 0 Å². The maximum absolute atomic E-state index is 9.58. The first-order chi connectivity index (χ1) is 13.1. The molecule has 2 rings (SSSR count).